The van der Waals surface area contributed by atoms with E-state index in [1.54, 1.807) is 0 Å². The van der Waals surface area contributed by atoms with Gasteiger partial charge in [-0.1, -0.05) is 37.1 Å². The summed E-state index contributed by atoms with van der Waals surface area (Å²) in [6, 6.07) is 22.4. The number of carbonyl (C=O) groups is 1. The summed E-state index contributed by atoms with van der Waals surface area (Å²) >= 11 is 1.22. The van der Waals surface area contributed by atoms with Crippen molar-refractivity contribution in [1.82, 2.24) is 5.32 Å². The Morgan fingerprint density at radius 2 is 1.88 bits per heavy atom. The average Bonchev–Trinajstić information content (AvgIpc) is 3.48. The minimum atomic E-state index is -0.0577. The first-order chi connectivity index (χ1) is 16.5. The van der Waals surface area contributed by atoms with Gasteiger partial charge in [0.1, 0.15) is 0 Å². The second-order valence-electron chi connectivity index (χ2n) is 9.37. The van der Waals surface area contributed by atoms with Crippen molar-refractivity contribution < 1.29 is 4.79 Å². The molecule has 6 heteroatoms. The number of nitrogens with zero attached hydrogens (tertiary/aromatic N) is 2. The number of amides is 2. The summed E-state index contributed by atoms with van der Waals surface area (Å²) in [7, 11) is 0. The predicted molar refractivity (Wildman–Crippen MR) is 138 cm³/mol. The molecule has 34 heavy (non-hydrogen) atoms. The van der Waals surface area contributed by atoms with E-state index in [-0.39, 0.29) is 11.4 Å². The van der Waals surface area contributed by atoms with Crippen molar-refractivity contribution in [1.29, 1.82) is 5.26 Å². The van der Waals surface area contributed by atoms with E-state index < -0.39 is 0 Å². The molecule has 1 heterocycles. The van der Waals surface area contributed by atoms with Gasteiger partial charge in [0.15, 0.2) is 0 Å². The Balaban J connectivity index is 1.44. The number of urea groups is 1. The van der Waals surface area contributed by atoms with Crippen molar-refractivity contribution in [3.8, 4) is 17.2 Å². The minimum absolute atomic E-state index is 0.0173. The number of aryl methyl sites for hydroxylation is 1. The number of carbonyl (C=O) groups excluding carboxylic acids is 1. The molecule has 0 bridgehead atoms. The van der Waals surface area contributed by atoms with Crippen LogP contribution in [0.5, 0.6) is 0 Å². The van der Waals surface area contributed by atoms with Gasteiger partial charge in [-0.25, -0.2) is 4.79 Å². The monoisotopic (exact) mass is 468 g/mol. The van der Waals surface area contributed by atoms with Gasteiger partial charge in [0.25, 0.3) is 0 Å². The Kier molecular flexibility index (Phi) is 6.07. The Labute approximate surface area is 205 Å². The molecule has 3 aromatic rings. The highest BCUT2D eigenvalue weighted by atomic mass is 32.2. The topological polar surface area (TPSA) is 82.2 Å². The van der Waals surface area contributed by atoms with Gasteiger partial charge >= 0.3 is 6.03 Å². The Morgan fingerprint density at radius 1 is 1.12 bits per heavy atom. The van der Waals surface area contributed by atoms with Crippen LogP contribution in [0, 0.1) is 18.3 Å². The molecule has 0 saturated heterocycles. The predicted octanol–water partition coefficient (Wildman–Crippen LogP) is 6.04. The molecule has 1 aliphatic carbocycles. The third-order valence-electron chi connectivity index (χ3n) is 7.31. The zero-order chi connectivity index (χ0) is 23.7. The highest BCUT2D eigenvalue weighted by Gasteiger charge is 2.46. The van der Waals surface area contributed by atoms with Crippen LogP contribution in [0.1, 0.15) is 47.9 Å². The van der Waals surface area contributed by atoms with Crippen LogP contribution in [0.2, 0.25) is 0 Å². The zero-order valence-corrected chi connectivity index (χ0v) is 20.1. The maximum absolute atomic E-state index is 13.3. The third kappa shape index (κ3) is 4.06. The molecule has 0 unspecified atom stereocenters. The fraction of sp³-hybridized carbons (Fsp3) is 0.286. The number of benzene rings is 3. The van der Waals surface area contributed by atoms with Crippen LogP contribution in [-0.4, -0.2) is 12.6 Å². The summed E-state index contributed by atoms with van der Waals surface area (Å²) in [4.78, 5) is 16.2. The first-order valence-corrected chi connectivity index (χ1v) is 12.6. The lowest BCUT2D eigenvalue weighted by atomic mass is 9.79. The van der Waals surface area contributed by atoms with Crippen LogP contribution in [0.3, 0.4) is 0 Å². The highest BCUT2D eigenvalue weighted by molar-refractivity contribution is 7.97. The first-order valence-electron chi connectivity index (χ1n) is 11.7. The van der Waals surface area contributed by atoms with Crippen molar-refractivity contribution in [3.05, 3.63) is 82.9 Å². The molecule has 172 valence electrons. The Bertz CT molecular complexity index is 1270. The Hall–Kier alpha value is -3.27. The van der Waals surface area contributed by atoms with Crippen molar-refractivity contribution in [2.24, 2.45) is 5.14 Å². The van der Waals surface area contributed by atoms with Gasteiger partial charge < -0.3 is 5.32 Å². The Morgan fingerprint density at radius 3 is 2.59 bits per heavy atom. The van der Waals surface area contributed by atoms with Crippen LogP contribution < -0.4 is 15.4 Å². The van der Waals surface area contributed by atoms with E-state index in [4.69, 9.17) is 5.14 Å². The van der Waals surface area contributed by atoms with Gasteiger partial charge in [-0.05, 0) is 95.9 Å². The second-order valence-corrected chi connectivity index (χ2v) is 10.1. The SMILES string of the molecule is Cc1ccc(C#N)cc1-c1ccc2c(c1)C1(CCCC1)CN2C(=O)NCc1ccc(SN)cc1. The van der Waals surface area contributed by atoms with E-state index in [0.29, 0.717) is 12.1 Å². The minimum Gasteiger partial charge on any atom is -0.334 e. The second kappa shape index (κ2) is 9.17. The lowest BCUT2D eigenvalue weighted by Crippen LogP contribution is -2.41. The van der Waals surface area contributed by atoms with E-state index in [9.17, 15) is 10.1 Å². The summed E-state index contributed by atoms with van der Waals surface area (Å²) in [6.45, 7) is 3.27. The summed E-state index contributed by atoms with van der Waals surface area (Å²) in [6.07, 6.45) is 4.58. The third-order valence-corrected chi connectivity index (χ3v) is 7.85. The van der Waals surface area contributed by atoms with Crippen LogP contribution in [-0.2, 0) is 12.0 Å². The average molecular weight is 469 g/mol. The van der Waals surface area contributed by atoms with E-state index in [1.165, 1.54) is 30.4 Å². The maximum Gasteiger partial charge on any atom is 0.322 e. The fourth-order valence-electron chi connectivity index (χ4n) is 5.46. The molecule has 3 N–H and O–H groups in total. The van der Waals surface area contributed by atoms with Crippen molar-refractivity contribution in [2.75, 3.05) is 11.4 Å². The lowest BCUT2D eigenvalue weighted by molar-refractivity contribution is 0.245. The molecular formula is C28H28N4OS. The first kappa shape index (κ1) is 22.5. The largest absolute Gasteiger partial charge is 0.334 e. The highest BCUT2D eigenvalue weighted by Crippen LogP contribution is 2.51. The van der Waals surface area contributed by atoms with Crippen LogP contribution >= 0.6 is 11.9 Å². The standard InChI is InChI=1S/C28H28N4OS/c1-19-4-5-21(16-29)14-24(19)22-8-11-26-25(15-22)28(12-2-3-13-28)18-32(26)27(33)31-17-20-6-9-23(34-30)10-7-20/h4-11,14-15H,2-3,12-13,17-18,30H2,1H3,(H,31,33). The van der Waals surface area contributed by atoms with Crippen LogP contribution in [0.4, 0.5) is 10.5 Å². The number of nitriles is 1. The number of nitrogens with two attached hydrogens (primary N) is 1. The summed E-state index contributed by atoms with van der Waals surface area (Å²) in [5.74, 6) is 0. The normalized spacial score (nSPS) is 15.9. The summed E-state index contributed by atoms with van der Waals surface area (Å²) in [5.41, 5.74) is 7.34. The molecule has 5 rings (SSSR count). The van der Waals surface area contributed by atoms with Gasteiger partial charge in [0.2, 0.25) is 0 Å². The molecule has 2 amide bonds. The quantitative estimate of drug-likeness (QED) is 0.457. The fourth-order valence-corrected chi connectivity index (χ4v) is 5.75. The molecular weight excluding hydrogens is 440 g/mol. The smallest absolute Gasteiger partial charge is 0.322 e. The maximum atomic E-state index is 13.3. The molecule has 2 aliphatic rings. The van der Waals surface area contributed by atoms with Gasteiger partial charge in [0.05, 0.1) is 11.6 Å². The molecule has 0 radical (unpaired) electrons. The number of fused-ring (bicyclic) bond motifs is 2. The van der Waals surface area contributed by atoms with Gasteiger partial charge in [-0.15, -0.1) is 0 Å². The zero-order valence-electron chi connectivity index (χ0n) is 19.3. The number of hydrogen-bond acceptors (Lipinski definition) is 4. The molecule has 5 nitrogen and oxygen atoms in total. The molecule has 1 spiro atoms. The molecule has 1 saturated carbocycles. The van der Waals surface area contributed by atoms with Crippen molar-refractivity contribution in [2.45, 2.75) is 49.5 Å². The summed E-state index contributed by atoms with van der Waals surface area (Å²) in [5, 5.41) is 18.1. The lowest BCUT2D eigenvalue weighted by Gasteiger charge is -2.25. The molecule has 1 fully saturated rings. The number of hydrogen-bond donors (Lipinski definition) is 2. The van der Waals surface area contributed by atoms with E-state index in [0.717, 1.165) is 52.2 Å². The molecule has 0 atom stereocenters. The van der Waals surface area contributed by atoms with Gasteiger partial charge in [-0.2, -0.15) is 5.26 Å². The molecule has 3 aromatic carbocycles. The van der Waals surface area contributed by atoms with Crippen LogP contribution in [0.15, 0.2) is 65.6 Å². The van der Waals surface area contributed by atoms with Crippen molar-refractivity contribution >= 4 is 23.7 Å². The number of anilines is 1. The number of rotatable bonds is 4. The molecule has 1 aliphatic heterocycles. The number of nitrogens with one attached hydrogen (secondary N) is 1. The summed E-state index contributed by atoms with van der Waals surface area (Å²) < 4.78 is 0. The van der Waals surface area contributed by atoms with Gasteiger partial charge in [0, 0.05) is 29.1 Å². The van der Waals surface area contributed by atoms with E-state index in [1.807, 2.05) is 47.4 Å². The molecule has 0 aromatic heterocycles. The van der Waals surface area contributed by atoms with Crippen LogP contribution in [0.25, 0.3) is 11.1 Å². The van der Waals surface area contributed by atoms with E-state index >= 15 is 0 Å². The van der Waals surface area contributed by atoms with Crippen molar-refractivity contribution in [3.63, 3.8) is 0 Å². The van der Waals surface area contributed by atoms with Gasteiger partial charge in [-0.3, -0.25) is 10.0 Å². The van der Waals surface area contributed by atoms with E-state index in [2.05, 4.69) is 36.5 Å².